The third-order valence-corrected chi connectivity index (χ3v) is 3.37. The van der Waals surface area contributed by atoms with E-state index in [9.17, 15) is 18.8 Å². The number of nitrogens with one attached hydrogen (secondary N) is 1. The molecule has 1 aromatic carbocycles. The molecule has 0 aliphatic heterocycles. The van der Waals surface area contributed by atoms with Crippen LogP contribution in [0.1, 0.15) is 13.3 Å². The second kappa shape index (κ2) is 7.56. The van der Waals surface area contributed by atoms with E-state index in [1.165, 1.54) is 37.4 Å². The zero-order chi connectivity index (χ0) is 18.6. The Labute approximate surface area is 142 Å². The fraction of sp³-hybridized carbons (Fsp3) is 0.250. The van der Waals surface area contributed by atoms with E-state index in [1.54, 1.807) is 0 Å². The lowest BCUT2D eigenvalue weighted by Gasteiger charge is -2.15. The van der Waals surface area contributed by atoms with Gasteiger partial charge in [0, 0.05) is 11.6 Å². The number of amides is 1. The number of carboxylic acid groups (broad SMARTS) is 1. The summed E-state index contributed by atoms with van der Waals surface area (Å²) < 4.78 is 14.1. The first-order valence-corrected chi connectivity index (χ1v) is 7.40. The molecule has 1 heterocycles. The van der Waals surface area contributed by atoms with Crippen molar-refractivity contribution >= 4 is 17.6 Å². The number of anilines is 1. The van der Waals surface area contributed by atoms with Crippen LogP contribution in [0.25, 0.3) is 11.4 Å². The summed E-state index contributed by atoms with van der Waals surface area (Å²) in [6.07, 6.45) is 0.920. The molecule has 0 aliphatic rings. The lowest BCUT2D eigenvalue weighted by Crippen LogP contribution is -2.39. The van der Waals surface area contributed by atoms with Crippen molar-refractivity contribution in [2.75, 3.05) is 5.73 Å². The van der Waals surface area contributed by atoms with Gasteiger partial charge < -0.3 is 16.2 Å². The molecule has 2 aromatic rings. The van der Waals surface area contributed by atoms with Crippen LogP contribution in [0.2, 0.25) is 0 Å². The van der Waals surface area contributed by atoms with Crippen LogP contribution >= 0.6 is 0 Å². The highest BCUT2D eigenvalue weighted by Crippen LogP contribution is 2.16. The topological polar surface area (TPSA) is 127 Å². The second-order valence-corrected chi connectivity index (χ2v) is 5.50. The normalized spacial score (nSPS) is 11.8. The van der Waals surface area contributed by atoms with Gasteiger partial charge in [0.1, 0.15) is 23.9 Å². The molecular weight excluding hydrogens is 331 g/mol. The number of carbonyl (C=O) groups is 2. The zero-order valence-corrected chi connectivity index (χ0v) is 13.4. The van der Waals surface area contributed by atoms with E-state index in [-0.39, 0.29) is 17.9 Å². The largest absolute Gasteiger partial charge is 0.481 e. The molecule has 0 unspecified atom stereocenters. The van der Waals surface area contributed by atoms with Crippen molar-refractivity contribution in [3.63, 3.8) is 0 Å². The predicted octanol–water partition coefficient (Wildman–Crippen LogP) is 0.611. The lowest BCUT2D eigenvalue weighted by molar-refractivity contribution is -0.137. The van der Waals surface area contributed by atoms with Gasteiger partial charge in [0.15, 0.2) is 0 Å². The molecule has 0 spiro atoms. The maximum absolute atomic E-state index is 13.1. The Morgan fingerprint density at radius 2 is 2.00 bits per heavy atom. The maximum atomic E-state index is 13.1. The van der Waals surface area contributed by atoms with Crippen LogP contribution in [0.3, 0.4) is 0 Å². The molecule has 9 heteroatoms. The Kier molecular flexibility index (Phi) is 5.48. The van der Waals surface area contributed by atoms with Gasteiger partial charge in [-0.3, -0.25) is 19.0 Å². The van der Waals surface area contributed by atoms with E-state index < -0.39 is 35.8 Å². The fourth-order valence-corrected chi connectivity index (χ4v) is 2.26. The van der Waals surface area contributed by atoms with Gasteiger partial charge in [-0.05, 0) is 31.2 Å². The number of benzene rings is 1. The Morgan fingerprint density at radius 3 is 2.60 bits per heavy atom. The predicted molar refractivity (Wildman–Crippen MR) is 88.2 cm³/mol. The summed E-state index contributed by atoms with van der Waals surface area (Å²) in [7, 11) is 0. The molecular formula is C16H17FN4O4. The molecule has 4 N–H and O–H groups in total. The van der Waals surface area contributed by atoms with Crippen LogP contribution in [0, 0.1) is 5.82 Å². The van der Waals surface area contributed by atoms with Crippen LogP contribution < -0.4 is 16.6 Å². The van der Waals surface area contributed by atoms with Crippen molar-refractivity contribution in [2.24, 2.45) is 0 Å². The molecule has 1 atom stereocenters. The van der Waals surface area contributed by atoms with Crippen molar-refractivity contribution in [1.82, 2.24) is 14.9 Å². The first kappa shape index (κ1) is 18.1. The molecule has 0 aliphatic carbocycles. The third kappa shape index (κ3) is 4.63. The van der Waals surface area contributed by atoms with Gasteiger partial charge in [-0.2, -0.15) is 0 Å². The molecule has 132 valence electrons. The summed E-state index contributed by atoms with van der Waals surface area (Å²) in [5, 5.41) is 11.2. The molecule has 1 aromatic heterocycles. The van der Waals surface area contributed by atoms with Crippen LogP contribution in [0.4, 0.5) is 10.1 Å². The zero-order valence-electron chi connectivity index (χ0n) is 13.4. The van der Waals surface area contributed by atoms with Crippen molar-refractivity contribution in [3.8, 4) is 11.4 Å². The summed E-state index contributed by atoms with van der Waals surface area (Å²) in [5.74, 6) is -1.91. The number of halogens is 1. The number of aromatic nitrogens is 2. The van der Waals surface area contributed by atoms with Gasteiger partial charge in [0.25, 0.3) is 5.56 Å². The van der Waals surface area contributed by atoms with Gasteiger partial charge in [0.05, 0.1) is 12.6 Å². The molecule has 0 fully saturated rings. The highest BCUT2D eigenvalue weighted by molar-refractivity contribution is 5.78. The molecule has 0 saturated carbocycles. The highest BCUT2D eigenvalue weighted by Gasteiger charge is 2.16. The number of nitrogens with two attached hydrogens (primary N) is 1. The van der Waals surface area contributed by atoms with Crippen molar-refractivity contribution in [3.05, 3.63) is 46.6 Å². The quantitative estimate of drug-likeness (QED) is 0.702. The first-order valence-electron chi connectivity index (χ1n) is 7.40. The minimum atomic E-state index is -1.05. The van der Waals surface area contributed by atoms with E-state index in [0.29, 0.717) is 5.56 Å². The van der Waals surface area contributed by atoms with Crippen molar-refractivity contribution in [1.29, 1.82) is 0 Å². The summed E-state index contributed by atoms with van der Waals surface area (Å²) in [6.45, 7) is 1.14. The molecule has 2 rings (SSSR count). The van der Waals surface area contributed by atoms with Gasteiger partial charge in [-0.1, -0.05) is 0 Å². The van der Waals surface area contributed by atoms with Gasteiger partial charge in [0.2, 0.25) is 5.91 Å². The molecule has 0 bridgehead atoms. The number of hydrogen-bond donors (Lipinski definition) is 3. The summed E-state index contributed by atoms with van der Waals surface area (Å²) in [6, 6.07) is 4.65. The maximum Gasteiger partial charge on any atom is 0.305 e. The third-order valence-electron chi connectivity index (χ3n) is 3.37. The van der Waals surface area contributed by atoms with Gasteiger partial charge in [-0.25, -0.2) is 9.37 Å². The molecule has 8 nitrogen and oxygen atoms in total. The summed E-state index contributed by atoms with van der Waals surface area (Å²) in [5.41, 5.74) is 5.25. The minimum absolute atomic E-state index is 0.141. The Balaban J connectivity index is 2.31. The SMILES string of the molecule is C[C@H](CC(=O)O)NC(=O)Cn1c(-c2ccc(F)cc2)ncc(N)c1=O. The average molecular weight is 348 g/mol. The van der Waals surface area contributed by atoms with E-state index in [0.717, 1.165) is 4.57 Å². The number of nitrogen functional groups attached to an aromatic ring is 1. The molecule has 1 amide bonds. The van der Waals surface area contributed by atoms with E-state index in [4.69, 9.17) is 10.8 Å². The average Bonchev–Trinajstić information content (AvgIpc) is 2.52. The monoisotopic (exact) mass is 348 g/mol. The van der Waals surface area contributed by atoms with E-state index in [1.807, 2.05) is 0 Å². The fourth-order valence-electron chi connectivity index (χ4n) is 2.26. The lowest BCUT2D eigenvalue weighted by atomic mass is 10.2. The Hall–Kier alpha value is -3.23. The summed E-state index contributed by atoms with van der Waals surface area (Å²) in [4.78, 5) is 39.1. The number of carboxylic acids is 1. The van der Waals surface area contributed by atoms with E-state index in [2.05, 4.69) is 10.3 Å². The smallest absolute Gasteiger partial charge is 0.305 e. The Morgan fingerprint density at radius 1 is 1.36 bits per heavy atom. The van der Waals surface area contributed by atoms with Crippen LogP contribution in [0.5, 0.6) is 0 Å². The standard InChI is InChI=1S/C16H17FN4O4/c1-9(6-14(23)24)20-13(22)8-21-15(19-7-12(18)16(21)25)10-2-4-11(17)5-3-10/h2-5,7,9H,6,8,18H2,1H3,(H,20,22)(H,23,24)/t9-/m1/s1. The minimum Gasteiger partial charge on any atom is -0.481 e. The first-order chi connectivity index (χ1) is 11.8. The van der Waals surface area contributed by atoms with E-state index >= 15 is 0 Å². The number of hydrogen-bond acceptors (Lipinski definition) is 5. The highest BCUT2D eigenvalue weighted by atomic mass is 19.1. The molecule has 0 radical (unpaired) electrons. The van der Waals surface area contributed by atoms with Crippen molar-refractivity contribution in [2.45, 2.75) is 25.9 Å². The van der Waals surface area contributed by atoms with Gasteiger partial charge in [-0.15, -0.1) is 0 Å². The van der Waals surface area contributed by atoms with Gasteiger partial charge >= 0.3 is 5.97 Å². The number of rotatable bonds is 6. The molecule has 25 heavy (non-hydrogen) atoms. The van der Waals surface area contributed by atoms with Crippen LogP contribution in [0.15, 0.2) is 35.3 Å². The molecule has 0 saturated heterocycles. The van der Waals surface area contributed by atoms with Crippen LogP contribution in [-0.2, 0) is 16.1 Å². The number of carbonyl (C=O) groups excluding carboxylic acids is 1. The number of aliphatic carboxylic acids is 1. The number of nitrogens with zero attached hydrogens (tertiary/aromatic N) is 2. The Bertz CT molecular complexity index is 848. The van der Waals surface area contributed by atoms with Crippen molar-refractivity contribution < 1.29 is 19.1 Å². The summed E-state index contributed by atoms with van der Waals surface area (Å²) >= 11 is 0. The van der Waals surface area contributed by atoms with Crippen LogP contribution in [-0.4, -0.2) is 32.6 Å². The second-order valence-electron chi connectivity index (χ2n) is 5.50.